The molecule has 0 atom stereocenters. The molecule has 0 aliphatic carbocycles. The molecule has 0 fully saturated rings. The van der Waals surface area contributed by atoms with Crippen molar-refractivity contribution in [3.63, 3.8) is 0 Å². The summed E-state index contributed by atoms with van der Waals surface area (Å²) in [6.45, 7) is 4.14. The quantitative estimate of drug-likeness (QED) is 0.202. The monoisotopic (exact) mass is 462 g/mol. The summed E-state index contributed by atoms with van der Waals surface area (Å²) in [5.74, 6) is 0.818. The molecule has 0 aliphatic rings. The molecule has 2 aromatic carbocycles. The van der Waals surface area contributed by atoms with Crippen molar-refractivity contribution in [3.05, 3.63) is 99.0 Å². The van der Waals surface area contributed by atoms with E-state index >= 15 is 0 Å². The topological polar surface area (TPSA) is 34.4 Å². The first kappa shape index (κ1) is 20.3. The number of thiophene rings is 1. The van der Waals surface area contributed by atoms with E-state index in [1.165, 1.54) is 22.5 Å². The van der Waals surface area contributed by atoms with E-state index in [1.807, 2.05) is 25.3 Å². The van der Waals surface area contributed by atoms with Gasteiger partial charge in [0.2, 0.25) is 5.78 Å². The SMILES string of the molecule is Cc1ccc(CSc2sc(C(=O)c3ccc(Cl)cc3)c3nc4c(C)cccn4c23)cc1. The Morgan fingerprint density at radius 3 is 2.55 bits per heavy atom. The average molecular weight is 463 g/mol. The number of pyridine rings is 1. The first-order chi connectivity index (χ1) is 15.0. The van der Waals surface area contributed by atoms with Crippen LogP contribution in [0.1, 0.15) is 31.9 Å². The lowest BCUT2D eigenvalue weighted by Crippen LogP contribution is -1.98. The second-order valence-electron chi connectivity index (χ2n) is 7.52. The highest BCUT2D eigenvalue weighted by Gasteiger charge is 2.24. The van der Waals surface area contributed by atoms with Crippen molar-refractivity contribution in [1.82, 2.24) is 9.38 Å². The molecule has 0 radical (unpaired) electrons. The maximum Gasteiger partial charge on any atom is 0.205 e. The Balaban J connectivity index is 1.62. The first-order valence-electron chi connectivity index (χ1n) is 9.90. The van der Waals surface area contributed by atoms with E-state index in [2.05, 4.69) is 35.6 Å². The fourth-order valence-electron chi connectivity index (χ4n) is 3.56. The lowest BCUT2D eigenvalue weighted by Gasteiger charge is -2.03. The van der Waals surface area contributed by atoms with Crippen LogP contribution in [0.25, 0.3) is 16.7 Å². The Hall–Kier alpha value is -2.60. The number of benzene rings is 2. The van der Waals surface area contributed by atoms with E-state index in [0.29, 0.717) is 15.5 Å². The van der Waals surface area contributed by atoms with E-state index < -0.39 is 0 Å². The zero-order valence-electron chi connectivity index (χ0n) is 17.1. The van der Waals surface area contributed by atoms with Crippen molar-refractivity contribution < 1.29 is 4.79 Å². The van der Waals surface area contributed by atoms with Crippen LogP contribution in [0.4, 0.5) is 0 Å². The second-order valence-corrected chi connectivity index (χ2v) is 10.2. The number of fused-ring (bicyclic) bond motifs is 3. The van der Waals surface area contributed by atoms with Gasteiger partial charge in [0, 0.05) is 22.5 Å². The fraction of sp³-hybridized carbons (Fsp3) is 0.120. The number of aryl methyl sites for hydroxylation is 2. The van der Waals surface area contributed by atoms with Gasteiger partial charge in [-0.05, 0) is 55.3 Å². The van der Waals surface area contributed by atoms with E-state index in [-0.39, 0.29) is 5.78 Å². The van der Waals surface area contributed by atoms with Gasteiger partial charge in [-0.25, -0.2) is 4.98 Å². The van der Waals surface area contributed by atoms with Gasteiger partial charge < -0.3 is 0 Å². The predicted molar refractivity (Wildman–Crippen MR) is 131 cm³/mol. The standard InChI is InChI=1S/C25H19ClN2OS2/c1-15-5-7-17(8-6-15)14-30-25-21-20(27-24-16(2)4-3-13-28(21)24)23(31-25)22(29)18-9-11-19(26)12-10-18/h3-13H,14H2,1-2H3. The zero-order valence-corrected chi connectivity index (χ0v) is 19.4. The largest absolute Gasteiger partial charge is 0.298 e. The van der Waals surface area contributed by atoms with E-state index in [0.717, 1.165) is 32.2 Å². The van der Waals surface area contributed by atoms with Crippen molar-refractivity contribution in [2.24, 2.45) is 0 Å². The molecule has 3 nitrogen and oxygen atoms in total. The minimum Gasteiger partial charge on any atom is -0.298 e. The summed E-state index contributed by atoms with van der Waals surface area (Å²) >= 11 is 9.30. The van der Waals surface area contributed by atoms with Crippen LogP contribution >= 0.6 is 34.7 Å². The number of nitrogens with zero attached hydrogens (tertiary/aromatic N) is 2. The number of rotatable bonds is 5. The second kappa shape index (κ2) is 8.15. The van der Waals surface area contributed by atoms with Crippen LogP contribution in [0.5, 0.6) is 0 Å². The lowest BCUT2D eigenvalue weighted by atomic mass is 10.1. The normalized spacial score (nSPS) is 11.5. The maximum absolute atomic E-state index is 13.4. The lowest BCUT2D eigenvalue weighted by molar-refractivity contribution is 0.104. The summed E-state index contributed by atoms with van der Waals surface area (Å²) < 4.78 is 3.21. The number of hydrogen-bond donors (Lipinski definition) is 0. The third kappa shape index (κ3) is 3.78. The Labute approximate surface area is 193 Å². The van der Waals surface area contributed by atoms with Crippen molar-refractivity contribution in [1.29, 1.82) is 0 Å². The fourth-order valence-corrected chi connectivity index (χ4v) is 6.10. The van der Waals surface area contributed by atoms with Crippen molar-refractivity contribution in [3.8, 4) is 0 Å². The van der Waals surface area contributed by atoms with Gasteiger partial charge in [0.15, 0.2) is 0 Å². The molecular formula is C25H19ClN2OS2. The first-order valence-corrected chi connectivity index (χ1v) is 12.1. The number of carbonyl (C=O) groups excluding carboxylic acids is 1. The number of thioether (sulfide) groups is 1. The van der Waals surface area contributed by atoms with E-state index in [1.54, 1.807) is 36.0 Å². The minimum atomic E-state index is -0.0186. The number of ketones is 1. The Bertz CT molecular complexity index is 1420. The summed E-state index contributed by atoms with van der Waals surface area (Å²) in [5, 5.41) is 0.616. The molecule has 0 aliphatic heterocycles. The molecule has 0 saturated carbocycles. The molecule has 154 valence electrons. The maximum atomic E-state index is 13.4. The number of halogens is 1. The molecule has 0 saturated heterocycles. The molecule has 0 spiro atoms. The molecule has 5 aromatic rings. The van der Waals surface area contributed by atoms with Gasteiger partial charge in [-0.15, -0.1) is 23.1 Å². The summed E-state index contributed by atoms with van der Waals surface area (Å²) in [6.07, 6.45) is 2.02. The van der Waals surface area contributed by atoms with Crippen molar-refractivity contribution >= 4 is 57.2 Å². The molecule has 0 bridgehead atoms. The summed E-state index contributed by atoms with van der Waals surface area (Å²) in [5.41, 5.74) is 6.89. The zero-order chi connectivity index (χ0) is 21.5. The van der Waals surface area contributed by atoms with Crippen LogP contribution in [-0.2, 0) is 5.75 Å². The highest BCUT2D eigenvalue weighted by atomic mass is 35.5. The predicted octanol–water partition coefficient (Wildman–Crippen LogP) is 7.34. The van der Waals surface area contributed by atoms with Gasteiger partial charge >= 0.3 is 0 Å². The summed E-state index contributed by atoms with van der Waals surface area (Å²) in [6, 6.07) is 19.7. The molecular weight excluding hydrogens is 444 g/mol. The van der Waals surface area contributed by atoms with Gasteiger partial charge in [0.1, 0.15) is 16.0 Å². The molecule has 3 aromatic heterocycles. The Kier molecular flexibility index (Phi) is 5.34. The molecule has 6 heteroatoms. The highest BCUT2D eigenvalue weighted by Crippen LogP contribution is 2.41. The van der Waals surface area contributed by atoms with Crippen LogP contribution < -0.4 is 0 Å². The van der Waals surface area contributed by atoms with Gasteiger partial charge in [-0.1, -0.05) is 47.5 Å². The molecule has 31 heavy (non-hydrogen) atoms. The average Bonchev–Trinajstić information content (AvgIpc) is 3.32. The number of aromatic nitrogens is 2. The summed E-state index contributed by atoms with van der Waals surface area (Å²) in [7, 11) is 0. The van der Waals surface area contributed by atoms with Gasteiger partial charge in [0.25, 0.3) is 0 Å². The van der Waals surface area contributed by atoms with Crippen molar-refractivity contribution in [2.75, 3.05) is 0 Å². The van der Waals surface area contributed by atoms with Crippen LogP contribution in [-0.4, -0.2) is 15.2 Å². The molecule has 0 unspecified atom stereocenters. The third-order valence-electron chi connectivity index (χ3n) is 5.25. The highest BCUT2D eigenvalue weighted by molar-refractivity contribution is 8.00. The molecule has 0 N–H and O–H groups in total. The Morgan fingerprint density at radius 1 is 1.06 bits per heavy atom. The van der Waals surface area contributed by atoms with E-state index in [9.17, 15) is 4.79 Å². The van der Waals surface area contributed by atoms with Crippen LogP contribution in [0.2, 0.25) is 5.02 Å². The summed E-state index contributed by atoms with van der Waals surface area (Å²) in [4.78, 5) is 18.9. The van der Waals surface area contributed by atoms with Crippen LogP contribution in [0.15, 0.2) is 71.1 Å². The third-order valence-corrected chi connectivity index (χ3v) is 8.00. The number of hydrogen-bond acceptors (Lipinski definition) is 4. The number of imidazole rings is 1. The smallest absolute Gasteiger partial charge is 0.205 e. The molecule has 5 rings (SSSR count). The van der Waals surface area contributed by atoms with Crippen LogP contribution in [0.3, 0.4) is 0 Å². The Morgan fingerprint density at radius 2 is 1.81 bits per heavy atom. The molecule has 0 amide bonds. The van der Waals surface area contributed by atoms with Gasteiger partial charge in [-0.3, -0.25) is 9.20 Å². The van der Waals surface area contributed by atoms with Crippen molar-refractivity contribution in [2.45, 2.75) is 23.8 Å². The van der Waals surface area contributed by atoms with E-state index in [4.69, 9.17) is 16.6 Å². The number of carbonyl (C=O) groups is 1. The van der Waals surface area contributed by atoms with Gasteiger partial charge in [-0.2, -0.15) is 0 Å². The van der Waals surface area contributed by atoms with Crippen LogP contribution in [0, 0.1) is 13.8 Å². The minimum absolute atomic E-state index is 0.0186. The molecule has 3 heterocycles. The van der Waals surface area contributed by atoms with Gasteiger partial charge in [0.05, 0.1) is 9.73 Å².